The first kappa shape index (κ1) is 16.1. The molecule has 0 aromatic carbocycles. The average Bonchev–Trinajstić information content (AvgIpc) is 2.78. The van der Waals surface area contributed by atoms with Gasteiger partial charge in [-0.2, -0.15) is 5.10 Å². The van der Waals surface area contributed by atoms with Crippen molar-refractivity contribution in [3.05, 3.63) is 18.0 Å². The average molecular weight is 269 g/mol. The number of ether oxygens (including phenoxy) is 1. The second-order valence-electron chi connectivity index (χ2n) is 5.47. The number of rotatable bonds is 8. The third kappa shape index (κ3) is 3.76. The fourth-order valence-corrected chi connectivity index (χ4v) is 2.04. The van der Waals surface area contributed by atoms with Crippen LogP contribution in [-0.4, -0.2) is 48.0 Å². The Labute approximate surface area is 115 Å². The molecule has 1 aromatic heterocycles. The van der Waals surface area contributed by atoms with Crippen LogP contribution >= 0.6 is 0 Å². The number of nitrogens with zero attached hydrogens (tertiary/aromatic N) is 3. The highest BCUT2D eigenvalue weighted by molar-refractivity contribution is 5.13. The Hall–Kier alpha value is -0.950. The molecule has 6 nitrogen and oxygen atoms in total. The molecule has 0 spiro atoms. The lowest BCUT2D eigenvalue weighted by molar-refractivity contribution is 0.132. The second-order valence-corrected chi connectivity index (χ2v) is 5.47. The van der Waals surface area contributed by atoms with E-state index in [1.807, 2.05) is 16.9 Å². The monoisotopic (exact) mass is 269 g/mol. The van der Waals surface area contributed by atoms with Crippen molar-refractivity contribution in [2.75, 3.05) is 27.8 Å². The Morgan fingerprint density at radius 1 is 1.53 bits per heavy atom. The van der Waals surface area contributed by atoms with Crippen molar-refractivity contribution in [1.82, 2.24) is 20.1 Å². The molecule has 0 fully saturated rings. The minimum absolute atomic E-state index is 0.00699. The lowest BCUT2D eigenvalue weighted by Crippen LogP contribution is -2.51. The van der Waals surface area contributed by atoms with E-state index < -0.39 is 0 Å². The minimum Gasteiger partial charge on any atom is -0.385 e. The molecule has 0 aliphatic heterocycles. The highest BCUT2D eigenvalue weighted by atomic mass is 16.5. The Kier molecular flexibility index (Phi) is 5.93. The smallest absolute Gasteiger partial charge is 0.0806 e. The van der Waals surface area contributed by atoms with Gasteiger partial charge in [0, 0.05) is 32.0 Å². The van der Waals surface area contributed by atoms with Crippen LogP contribution in [0.2, 0.25) is 0 Å². The van der Waals surface area contributed by atoms with Crippen LogP contribution in [0.5, 0.6) is 0 Å². The number of methoxy groups -OCH3 is 1. The summed E-state index contributed by atoms with van der Waals surface area (Å²) in [5.41, 5.74) is 3.90. The van der Waals surface area contributed by atoms with Crippen molar-refractivity contribution in [3.63, 3.8) is 0 Å². The molecule has 0 radical (unpaired) electrons. The summed E-state index contributed by atoms with van der Waals surface area (Å²) in [6.45, 7) is 5.88. The number of aryl methyl sites for hydroxylation is 1. The standard InChI is InChI=1S/C13H27N5O/c1-13(2,17(3)4)12(16-14)11-7-8-15-18(11)9-6-10-19-5/h7-8,12,16H,6,9-10,14H2,1-5H3. The van der Waals surface area contributed by atoms with Crippen LogP contribution in [0.3, 0.4) is 0 Å². The SMILES string of the molecule is COCCCn1nccc1C(NN)C(C)(C)N(C)C. The number of hydrogen-bond acceptors (Lipinski definition) is 5. The Morgan fingerprint density at radius 2 is 2.21 bits per heavy atom. The van der Waals surface area contributed by atoms with Crippen LogP contribution in [0.4, 0.5) is 0 Å². The zero-order valence-corrected chi connectivity index (χ0v) is 12.7. The molecule has 110 valence electrons. The maximum atomic E-state index is 5.77. The second kappa shape index (κ2) is 7.00. The van der Waals surface area contributed by atoms with Crippen LogP contribution in [0.25, 0.3) is 0 Å². The number of likely N-dealkylation sites (N-methyl/N-ethyl adjacent to an activating group) is 1. The van der Waals surface area contributed by atoms with Crippen molar-refractivity contribution in [2.45, 2.75) is 38.4 Å². The van der Waals surface area contributed by atoms with Gasteiger partial charge in [-0.3, -0.25) is 10.5 Å². The molecule has 0 saturated heterocycles. The van der Waals surface area contributed by atoms with Crippen molar-refractivity contribution in [2.24, 2.45) is 5.84 Å². The summed E-state index contributed by atoms with van der Waals surface area (Å²) >= 11 is 0. The molecule has 3 N–H and O–H groups in total. The van der Waals surface area contributed by atoms with Crippen molar-refractivity contribution in [3.8, 4) is 0 Å². The molecule has 19 heavy (non-hydrogen) atoms. The minimum atomic E-state index is -0.117. The number of nitrogens with one attached hydrogen (secondary N) is 1. The van der Waals surface area contributed by atoms with E-state index in [1.54, 1.807) is 7.11 Å². The fraction of sp³-hybridized carbons (Fsp3) is 0.769. The topological polar surface area (TPSA) is 68.3 Å². The molecular weight excluding hydrogens is 242 g/mol. The van der Waals surface area contributed by atoms with Crippen LogP contribution in [0, 0.1) is 0 Å². The summed E-state index contributed by atoms with van der Waals surface area (Å²) in [7, 11) is 5.81. The number of nitrogens with two attached hydrogens (primary N) is 1. The molecule has 0 amide bonds. The van der Waals surface area contributed by atoms with E-state index in [0.717, 1.165) is 25.3 Å². The predicted molar refractivity (Wildman–Crippen MR) is 76.6 cm³/mol. The first-order valence-electron chi connectivity index (χ1n) is 6.59. The Bertz CT molecular complexity index is 375. The largest absolute Gasteiger partial charge is 0.385 e. The van der Waals surface area contributed by atoms with E-state index >= 15 is 0 Å². The highest BCUT2D eigenvalue weighted by Gasteiger charge is 2.34. The van der Waals surface area contributed by atoms with Crippen LogP contribution in [-0.2, 0) is 11.3 Å². The van der Waals surface area contributed by atoms with Crippen molar-refractivity contribution in [1.29, 1.82) is 0 Å². The summed E-state index contributed by atoms with van der Waals surface area (Å²) in [6, 6.07) is 2.02. The van der Waals surface area contributed by atoms with E-state index in [0.29, 0.717) is 0 Å². The molecule has 1 atom stereocenters. The molecule has 0 aliphatic rings. The number of aromatic nitrogens is 2. The van der Waals surface area contributed by atoms with E-state index in [1.165, 1.54) is 0 Å². The zero-order valence-electron chi connectivity index (χ0n) is 12.7. The molecule has 1 rings (SSSR count). The molecule has 1 heterocycles. The summed E-state index contributed by atoms with van der Waals surface area (Å²) in [4.78, 5) is 2.16. The first-order chi connectivity index (χ1) is 8.95. The maximum absolute atomic E-state index is 5.77. The predicted octanol–water partition coefficient (Wildman–Crippen LogP) is 0.764. The van der Waals surface area contributed by atoms with E-state index in [2.05, 4.69) is 43.4 Å². The van der Waals surface area contributed by atoms with Gasteiger partial charge in [-0.15, -0.1) is 0 Å². The molecule has 1 unspecified atom stereocenters. The highest BCUT2D eigenvalue weighted by Crippen LogP contribution is 2.28. The van der Waals surface area contributed by atoms with Gasteiger partial charge in [0.15, 0.2) is 0 Å². The van der Waals surface area contributed by atoms with Crippen molar-refractivity contribution >= 4 is 0 Å². The molecule has 0 saturated carbocycles. The third-order valence-corrected chi connectivity index (χ3v) is 3.79. The summed E-state index contributed by atoms with van der Waals surface area (Å²) < 4.78 is 7.08. The van der Waals surface area contributed by atoms with Crippen LogP contribution in [0.1, 0.15) is 32.0 Å². The quantitative estimate of drug-likeness (QED) is 0.414. The van der Waals surface area contributed by atoms with Gasteiger partial charge < -0.3 is 9.64 Å². The maximum Gasteiger partial charge on any atom is 0.0806 e. The van der Waals surface area contributed by atoms with Gasteiger partial charge in [0.25, 0.3) is 0 Å². The lowest BCUT2D eigenvalue weighted by Gasteiger charge is -2.39. The molecule has 1 aromatic rings. The van der Waals surface area contributed by atoms with Gasteiger partial charge >= 0.3 is 0 Å². The summed E-state index contributed by atoms with van der Waals surface area (Å²) in [5.74, 6) is 5.77. The fourth-order valence-electron chi connectivity index (χ4n) is 2.04. The zero-order chi connectivity index (χ0) is 14.5. The van der Waals surface area contributed by atoms with E-state index in [-0.39, 0.29) is 11.6 Å². The normalized spacial score (nSPS) is 14.1. The van der Waals surface area contributed by atoms with Gasteiger partial charge in [-0.05, 0) is 40.4 Å². The van der Waals surface area contributed by atoms with Gasteiger partial charge in [-0.1, -0.05) is 0 Å². The molecule has 6 heteroatoms. The van der Waals surface area contributed by atoms with Gasteiger partial charge in [0.2, 0.25) is 0 Å². The van der Waals surface area contributed by atoms with Crippen molar-refractivity contribution < 1.29 is 4.74 Å². The molecule has 0 bridgehead atoms. The van der Waals surface area contributed by atoms with Gasteiger partial charge in [0.05, 0.1) is 11.7 Å². The lowest BCUT2D eigenvalue weighted by atomic mass is 9.91. The Morgan fingerprint density at radius 3 is 2.74 bits per heavy atom. The third-order valence-electron chi connectivity index (χ3n) is 3.79. The molecular formula is C13H27N5O. The first-order valence-corrected chi connectivity index (χ1v) is 6.59. The number of hydrogen-bond donors (Lipinski definition) is 2. The summed E-state index contributed by atoms with van der Waals surface area (Å²) in [6.07, 6.45) is 2.75. The van der Waals surface area contributed by atoms with Gasteiger partial charge in [0.1, 0.15) is 0 Å². The van der Waals surface area contributed by atoms with Crippen LogP contribution in [0.15, 0.2) is 12.3 Å². The molecule has 0 aliphatic carbocycles. The van der Waals surface area contributed by atoms with Crippen LogP contribution < -0.4 is 11.3 Å². The number of hydrazine groups is 1. The van der Waals surface area contributed by atoms with E-state index in [9.17, 15) is 0 Å². The summed E-state index contributed by atoms with van der Waals surface area (Å²) in [5, 5.41) is 4.38. The Balaban J connectivity index is 2.90. The van der Waals surface area contributed by atoms with Gasteiger partial charge in [-0.25, -0.2) is 5.43 Å². The van der Waals surface area contributed by atoms with E-state index in [4.69, 9.17) is 10.6 Å².